The van der Waals surface area contributed by atoms with Gasteiger partial charge in [0.1, 0.15) is 0 Å². The molecule has 3 nitrogen and oxygen atoms in total. The van der Waals surface area contributed by atoms with Crippen molar-refractivity contribution < 1.29 is 4.79 Å². The molecule has 0 unspecified atom stereocenters. The lowest BCUT2D eigenvalue weighted by Crippen LogP contribution is -2.40. The Morgan fingerprint density at radius 1 is 1.25 bits per heavy atom. The van der Waals surface area contributed by atoms with E-state index < -0.39 is 0 Å². The number of halogens is 1. The van der Waals surface area contributed by atoms with E-state index in [1.165, 1.54) is 5.56 Å². The summed E-state index contributed by atoms with van der Waals surface area (Å²) in [4.78, 5) is 16.7. The molecule has 0 spiro atoms. The van der Waals surface area contributed by atoms with Gasteiger partial charge < -0.3 is 9.80 Å². The number of hydrogen-bond donors (Lipinski definition) is 0. The number of carbonyl (C=O) groups is 1. The number of piperidine rings is 1. The number of likely N-dealkylation sites (tertiary alicyclic amines) is 1. The second-order valence-corrected chi connectivity index (χ2v) is 6.39. The van der Waals surface area contributed by atoms with Gasteiger partial charge in [-0.1, -0.05) is 28.1 Å². The highest BCUT2D eigenvalue weighted by atomic mass is 79.9. The maximum atomic E-state index is 12.4. The van der Waals surface area contributed by atoms with E-state index in [1.807, 2.05) is 29.2 Å². The highest BCUT2D eigenvalue weighted by Gasteiger charge is 2.23. The Morgan fingerprint density at radius 2 is 1.85 bits per heavy atom. The number of hydrogen-bond acceptors (Lipinski definition) is 2. The molecule has 4 heteroatoms. The summed E-state index contributed by atoms with van der Waals surface area (Å²) >= 11 is 3.42. The van der Waals surface area contributed by atoms with Crippen LogP contribution in [0.15, 0.2) is 24.3 Å². The molecule has 1 saturated heterocycles. The zero-order chi connectivity index (χ0) is 14.5. The first kappa shape index (κ1) is 15.5. The first-order chi connectivity index (χ1) is 9.60. The Kier molecular flexibility index (Phi) is 5.61. The van der Waals surface area contributed by atoms with Crippen LogP contribution in [0.2, 0.25) is 0 Å². The predicted molar refractivity (Wildman–Crippen MR) is 86.3 cm³/mol. The van der Waals surface area contributed by atoms with Crippen LogP contribution in [0.5, 0.6) is 0 Å². The third kappa shape index (κ3) is 4.06. The molecule has 0 radical (unpaired) electrons. The summed E-state index contributed by atoms with van der Waals surface area (Å²) in [6.45, 7) is 2.90. The monoisotopic (exact) mass is 338 g/mol. The minimum atomic E-state index is 0.175. The van der Waals surface area contributed by atoms with Crippen molar-refractivity contribution in [1.82, 2.24) is 9.80 Å². The van der Waals surface area contributed by atoms with Crippen molar-refractivity contribution in [3.63, 3.8) is 0 Å². The fraction of sp³-hybridized carbons (Fsp3) is 0.562. The Morgan fingerprint density at radius 3 is 2.35 bits per heavy atom. The van der Waals surface area contributed by atoms with Crippen molar-refractivity contribution in [1.29, 1.82) is 0 Å². The lowest BCUT2D eigenvalue weighted by Gasteiger charge is -2.33. The van der Waals surface area contributed by atoms with Crippen molar-refractivity contribution in [2.45, 2.75) is 18.2 Å². The Bertz CT molecular complexity index is 436. The number of alkyl halides is 1. The van der Waals surface area contributed by atoms with E-state index in [0.717, 1.165) is 49.3 Å². The van der Waals surface area contributed by atoms with Gasteiger partial charge in [-0.05, 0) is 50.6 Å². The van der Waals surface area contributed by atoms with Crippen LogP contribution in [0, 0.1) is 5.92 Å². The third-order valence-corrected chi connectivity index (χ3v) is 4.53. The lowest BCUT2D eigenvalue weighted by molar-refractivity contribution is 0.0678. The van der Waals surface area contributed by atoms with Crippen molar-refractivity contribution in [3.05, 3.63) is 35.4 Å². The van der Waals surface area contributed by atoms with Gasteiger partial charge in [-0.15, -0.1) is 0 Å². The van der Waals surface area contributed by atoms with E-state index in [-0.39, 0.29) is 5.91 Å². The van der Waals surface area contributed by atoms with Crippen molar-refractivity contribution in [2.75, 3.05) is 33.7 Å². The van der Waals surface area contributed by atoms with Crippen molar-refractivity contribution in [3.8, 4) is 0 Å². The molecule has 1 heterocycles. The summed E-state index contributed by atoms with van der Waals surface area (Å²) in [5.74, 6) is 0.902. The smallest absolute Gasteiger partial charge is 0.253 e. The van der Waals surface area contributed by atoms with Crippen molar-refractivity contribution in [2.24, 2.45) is 5.92 Å². The van der Waals surface area contributed by atoms with E-state index in [0.29, 0.717) is 0 Å². The topological polar surface area (TPSA) is 23.6 Å². The summed E-state index contributed by atoms with van der Waals surface area (Å²) in [6.07, 6.45) is 2.23. The molecule has 20 heavy (non-hydrogen) atoms. The molecule has 1 aromatic rings. The highest BCUT2D eigenvalue weighted by molar-refractivity contribution is 9.08. The largest absolute Gasteiger partial charge is 0.339 e. The molecule has 0 aromatic heterocycles. The maximum absolute atomic E-state index is 12.4. The highest BCUT2D eigenvalue weighted by Crippen LogP contribution is 2.20. The van der Waals surface area contributed by atoms with Crippen molar-refractivity contribution >= 4 is 21.8 Å². The number of carbonyl (C=O) groups excluding carboxylic acids is 1. The van der Waals surface area contributed by atoms with Crippen LogP contribution in [0.1, 0.15) is 28.8 Å². The molecule has 0 atom stereocenters. The second kappa shape index (κ2) is 7.23. The zero-order valence-electron chi connectivity index (χ0n) is 12.3. The van der Waals surface area contributed by atoms with Gasteiger partial charge in [-0.3, -0.25) is 4.79 Å². The quantitative estimate of drug-likeness (QED) is 0.788. The maximum Gasteiger partial charge on any atom is 0.253 e. The standard InChI is InChI=1S/C16H23BrN2O/c1-18(2)12-14-7-9-19(10-8-14)16(20)15-5-3-13(11-17)4-6-15/h3-6,14H,7-12H2,1-2H3. The molecule has 2 rings (SSSR count). The van der Waals surface area contributed by atoms with E-state index in [2.05, 4.69) is 34.9 Å². The molecule has 1 aliphatic rings. The first-order valence-corrected chi connectivity index (χ1v) is 8.31. The third-order valence-electron chi connectivity index (χ3n) is 3.88. The Labute approximate surface area is 130 Å². The van der Waals surface area contributed by atoms with Gasteiger partial charge in [-0.2, -0.15) is 0 Å². The Balaban J connectivity index is 1.90. The van der Waals surface area contributed by atoms with Crippen LogP contribution < -0.4 is 0 Å². The van der Waals surface area contributed by atoms with Gasteiger partial charge in [0.15, 0.2) is 0 Å². The lowest BCUT2D eigenvalue weighted by atomic mass is 9.96. The summed E-state index contributed by atoms with van der Waals surface area (Å²) in [5.41, 5.74) is 2.01. The summed E-state index contributed by atoms with van der Waals surface area (Å²) < 4.78 is 0. The van der Waals surface area contributed by atoms with E-state index >= 15 is 0 Å². The van der Waals surface area contributed by atoms with Crippen LogP contribution in [0.3, 0.4) is 0 Å². The number of rotatable bonds is 4. The molecular formula is C16H23BrN2O. The molecule has 0 bridgehead atoms. The molecule has 0 saturated carbocycles. The van der Waals surface area contributed by atoms with Gasteiger partial charge in [0, 0.05) is 30.5 Å². The minimum Gasteiger partial charge on any atom is -0.339 e. The van der Waals surface area contributed by atoms with Gasteiger partial charge in [0.05, 0.1) is 0 Å². The molecule has 1 amide bonds. The van der Waals surface area contributed by atoms with Crippen LogP contribution >= 0.6 is 15.9 Å². The van der Waals surface area contributed by atoms with E-state index in [9.17, 15) is 4.79 Å². The first-order valence-electron chi connectivity index (χ1n) is 7.19. The normalized spacial score (nSPS) is 16.7. The van der Waals surface area contributed by atoms with Gasteiger partial charge in [0.2, 0.25) is 0 Å². The van der Waals surface area contributed by atoms with Gasteiger partial charge >= 0.3 is 0 Å². The summed E-state index contributed by atoms with van der Waals surface area (Å²) in [7, 11) is 4.23. The van der Waals surface area contributed by atoms with Crippen LogP contribution in [-0.2, 0) is 5.33 Å². The molecule has 0 N–H and O–H groups in total. The van der Waals surface area contributed by atoms with Crippen LogP contribution in [-0.4, -0.2) is 49.4 Å². The fourth-order valence-electron chi connectivity index (χ4n) is 2.75. The van der Waals surface area contributed by atoms with E-state index in [4.69, 9.17) is 0 Å². The number of nitrogens with zero attached hydrogens (tertiary/aromatic N) is 2. The average molecular weight is 339 g/mol. The van der Waals surface area contributed by atoms with Gasteiger partial charge in [-0.25, -0.2) is 0 Å². The second-order valence-electron chi connectivity index (χ2n) is 5.83. The SMILES string of the molecule is CN(C)CC1CCN(C(=O)c2ccc(CBr)cc2)CC1. The summed E-state index contributed by atoms with van der Waals surface area (Å²) in [6, 6.07) is 7.90. The predicted octanol–water partition coefficient (Wildman–Crippen LogP) is 3.00. The van der Waals surface area contributed by atoms with Crippen LogP contribution in [0.25, 0.3) is 0 Å². The minimum absolute atomic E-state index is 0.175. The molecular weight excluding hydrogens is 316 g/mol. The number of benzene rings is 1. The zero-order valence-corrected chi connectivity index (χ0v) is 13.9. The van der Waals surface area contributed by atoms with Crippen LogP contribution in [0.4, 0.5) is 0 Å². The fourth-order valence-corrected chi connectivity index (χ4v) is 3.13. The number of amides is 1. The Hall–Kier alpha value is -0.870. The molecule has 0 aliphatic carbocycles. The molecule has 110 valence electrons. The van der Waals surface area contributed by atoms with Gasteiger partial charge in [0.25, 0.3) is 5.91 Å². The molecule has 1 aromatic carbocycles. The molecule has 1 aliphatic heterocycles. The molecule has 1 fully saturated rings. The summed E-state index contributed by atoms with van der Waals surface area (Å²) in [5, 5.41) is 0.831. The van der Waals surface area contributed by atoms with E-state index in [1.54, 1.807) is 0 Å². The average Bonchev–Trinajstić information content (AvgIpc) is 2.47.